The molecule has 0 bridgehead atoms. The van der Waals surface area contributed by atoms with Crippen LogP contribution in [-0.2, 0) is 11.4 Å². The van der Waals surface area contributed by atoms with E-state index in [1.54, 1.807) is 19.1 Å². The normalized spacial score (nSPS) is 12.3. The molecule has 4 nitrogen and oxygen atoms in total. The molecule has 1 aromatic carbocycles. The van der Waals surface area contributed by atoms with Crippen molar-refractivity contribution in [3.05, 3.63) is 28.2 Å². The third kappa shape index (κ3) is 3.99. The SMILES string of the molecule is CC(C)NC(=O)C(C)Oc1c(Br)cccc1CO. The minimum atomic E-state index is -0.614. The quantitative estimate of drug-likeness (QED) is 0.876. The first-order valence-electron chi connectivity index (χ1n) is 5.81. The van der Waals surface area contributed by atoms with E-state index in [4.69, 9.17) is 4.74 Å². The van der Waals surface area contributed by atoms with Gasteiger partial charge in [0, 0.05) is 11.6 Å². The number of benzene rings is 1. The molecule has 0 fully saturated rings. The highest BCUT2D eigenvalue weighted by Gasteiger charge is 2.18. The Hall–Kier alpha value is -1.07. The van der Waals surface area contributed by atoms with Crippen LogP contribution in [0.2, 0.25) is 0 Å². The summed E-state index contributed by atoms with van der Waals surface area (Å²) in [6, 6.07) is 5.44. The van der Waals surface area contributed by atoms with Crippen molar-refractivity contribution >= 4 is 21.8 Å². The monoisotopic (exact) mass is 315 g/mol. The molecule has 2 N–H and O–H groups in total. The van der Waals surface area contributed by atoms with E-state index >= 15 is 0 Å². The lowest BCUT2D eigenvalue weighted by atomic mass is 10.2. The molecule has 18 heavy (non-hydrogen) atoms. The molecule has 1 amide bonds. The average molecular weight is 316 g/mol. The summed E-state index contributed by atoms with van der Waals surface area (Å²) in [7, 11) is 0. The zero-order valence-electron chi connectivity index (χ0n) is 10.7. The van der Waals surface area contributed by atoms with Crippen LogP contribution >= 0.6 is 15.9 Å². The van der Waals surface area contributed by atoms with Crippen molar-refractivity contribution < 1.29 is 14.6 Å². The molecule has 1 atom stereocenters. The number of amides is 1. The van der Waals surface area contributed by atoms with Crippen molar-refractivity contribution in [2.75, 3.05) is 0 Å². The molecular weight excluding hydrogens is 298 g/mol. The second-order valence-electron chi connectivity index (χ2n) is 4.31. The first kappa shape index (κ1) is 15.0. The van der Waals surface area contributed by atoms with Gasteiger partial charge in [0.25, 0.3) is 5.91 Å². The van der Waals surface area contributed by atoms with Gasteiger partial charge in [0.1, 0.15) is 5.75 Å². The molecule has 0 aliphatic rings. The van der Waals surface area contributed by atoms with Gasteiger partial charge >= 0.3 is 0 Å². The number of nitrogens with one attached hydrogen (secondary N) is 1. The molecule has 0 saturated carbocycles. The van der Waals surface area contributed by atoms with E-state index in [0.717, 1.165) is 4.47 Å². The number of ether oxygens (including phenoxy) is 1. The van der Waals surface area contributed by atoms with Gasteiger partial charge in [-0.05, 0) is 42.8 Å². The molecule has 1 unspecified atom stereocenters. The van der Waals surface area contributed by atoms with E-state index in [1.807, 2.05) is 19.9 Å². The lowest BCUT2D eigenvalue weighted by Crippen LogP contribution is -2.40. The fourth-order valence-electron chi connectivity index (χ4n) is 1.44. The Balaban J connectivity index is 2.81. The number of aliphatic hydroxyl groups excluding tert-OH is 1. The van der Waals surface area contributed by atoms with Crippen LogP contribution in [0.1, 0.15) is 26.3 Å². The summed E-state index contributed by atoms with van der Waals surface area (Å²) in [5.74, 6) is 0.330. The van der Waals surface area contributed by atoms with E-state index in [9.17, 15) is 9.90 Å². The Morgan fingerprint density at radius 1 is 1.44 bits per heavy atom. The van der Waals surface area contributed by atoms with Gasteiger partial charge in [-0.3, -0.25) is 4.79 Å². The van der Waals surface area contributed by atoms with E-state index in [1.165, 1.54) is 0 Å². The molecule has 1 rings (SSSR count). The van der Waals surface area contributed by atoms with E-state index in [2.05, 4.69) is 21.2 Å². The Kier molecular flexibility index (Phi) is 5.62. The number of aliphatic hydroxyl groups is 1. The van der Waals surface area contributed by atoms with E-state index < -0.39 is 6.10 Å². The number of carbonyl (C=O) groups is 1. The van der Waals surface area contributed by atoms with Gasteiger partial charge in [0.05, 0.1) is 11.1 Å². The molecule has 0 spiro atoms. The molecule has 100 valence electrons. The molecular formula is C13H18BrNO3. The number of hydrogen-bond donors (Lipinski definition) is 2. The third-order valence-corrected chi connectivity index (χ3v) is 2.94. The predicted octanol–water partition coefficient (Wildman–Crippen LogP) is 2.23. The van der Waals surface area contributed by atoms with Crippen LogP contribution in [0.5, 0.6) is 5.75 Å². The number of carbonyl (C=O) groups excluding carboxylic acids is 1. The summed E-state index contributed by atoms with van der Waals surface area (Å²) in [5, 5.41) is 12.0. The van der Waals surface area contributed by atoms with Crippen molar-refractivity contribution in [1.82, 2.24) is 5.32 Å². The minimum absolute atomic E-state index is 0.0695. The third-order valence-electron chi connectivity index (χ3n) is 2.31. The van der Waals surface area contributed by atoms with E-state index in [0.29, 0.717) is 11.3 Å². The Morgan fingerprint density at radius 3 is 2.67 bits per heavy atom. The smallest absolute Gasteiger partial charge is 0.260 e. The second-order valence-corrected chi connectivity index (χ2v) is 5.16. The summed E-state index contributed by atoms with van der Waals surface area (Å²) in [6.45, 7) is 5.33. The van der Waals surface area contributed by atoms with Crippen molar-refractivity contribution in [3.8, 4) is 5.75 Å². The van der Waals surface area contributed by atoms with Crippen LogP contribution in [0.15, 0.2) is 22.7 Å². The van der Waals surface area contributed by atoms with Crippen molar-refractivity contribution in [3.63, 3.8) is 0 Å². The summed E-state index contributed by atoms with van der Waals surface area (Å²) >= 11 is 3.35. The number of para-hydroxylation sites is 1. The topological polar surface area (TPSA) is 58.6 Å². The molecule has 0 aliphatic heterocycles. The Morgan fingerprint density at radius 2 is 2.11 bits per heavy atom. The number of halogens is 1. The first-order valence-corrected chi connectivity index (χ1v) is 6.60. The van der Waals surface area contributed by atoms with Crippen LogP contribution in [0, 0.1) is 0 Å². The van der Waals surface area contributed by atoms with Crippen LogP contribution in [0.3, 0.4) is 0 Å². The maximum absolute atomic E-state index is 11.8. The molecule has 0 aliphatic carbocycles. The van der Waals surface area contributed by atoms with Crippen LogP contribution < -0.4 is 10.1 Å². The van der Waals surface area contributed by atoms with Crippen molar-refractivity contribution in [2.24, 2.45) is 0 Å². The maximum atomic E-state index is 11.8. The zero-order valence-corrected chi connectivity index (χ0v) is 12.3. The Labute approximate surface area is 115 Å². The summed E-state index contributed by atoms with van der Waals surface area (Å²) in [4.78, 5) is 11.8. The van der Waals surface area contributed by atoms with Crippen LogP contribution in [-0.4, -0.2) is 23.2 Å². The zero-order chi connectivity index (χ0) is 13.7. The second kappa shape index (κ2) is 6.75. The van der Waals surface area contributed by atoms with Gasteiger partial charge in [0.2, 0.25) is 0 Å². The molecule has 0 saturated heterocycles. The summed E-state index contributed by atoms with van der Waals surface area (Å²) in [5.41, 5.74) is 0.647. The van der Waals surface area contributed by atoms with E-state index in [-0.39, 0.29) is 18.6 Å². The Bertz CT molecular complexity index is 421. The molecule has 0 radical (unpaired) electrons. The molecule has 0 aromatic heterocycles. The fourth-order valence-corrected chi connectivity index (χ4v) is 1.94. The van der Waals surface area contributed by atoms with Gasteiger partial charge in [-0.2, -0.15) is 0 Å². The maximum Gasteiger partial charge on any atom is 0.260 e. The lowest BCUT2D eigenvalue weighted by Gasteiger charge is -2.19. The minimum Gasteiger partial charge on any atom is -0.479 e. The lowest BCUT2D eigenvalue weighted by molar-refractivity contribution is -0.127. The standard InChI is InChI=1S/C13H18BrNO3/c1-8(2)15-13(17)9(3)18-12-10(7-16)5-4-6-11(12)14/h4-6,8-9,16H,7H2,1-3H3,(H,15,17). The number of rotatable bonds is 5. The fraction of sp³-hybridized carbons (Fsp3) is 0.462. The largest absolute Gasteiger partial charge is 0.479 e. The van der Waals surface area contributed by atoms with Gasteiger partial charge in [-0.25, -0.2) is 0 Å². The summed E-state index contributed by atoms with van der Waals surface area (Å²) < 4.78 is 6.33. The highest BCUT2D eigenvalue weighted by atomic mass is 79.9. The van der Waals surface area contributed by atoms with Gasteiger partial charge in [-0.15, -0.1) is 0 Å². The average Bonchev–Trinajstić information content (AvgIpc) is 2.30. The predicted molar refractivity (Wildman–Crippen MR) is 73.4 cm³/mol. The summed E-state index contributed by atoms with van der Waals surface area (Å²) in [6.07, 6.45) is -0.614. The highest BCUT2D eigenvalue weighted by Crippen LogP contribution is 2.30. The van der Waals surface area contributed by atoms with Gasteiger partial charge in [0.15, 0.2) is 6.10 Å². The van der Waals surface area contributed by atoms with Gasteiger partial charge in [-0.1, -0.05) is 12.1 Å². The molecule has 5 heteroatoms. The van der Waals surface area contributed by atoms with Crippen molar-refractivity contribution in [1.29, 1.82) is 0 Å². The molecule has 1 aromatic rings. The van der Waals surface area contributed by atoms with Gasteiger partial charge < -0.3 is 15.2 Å². The molecule has 0 heterocycles. The first-order chi connectivity index (χ1) is 8.45. The van der Waals surface area contributed by atoms with Crippen LogP contribution in [0.25, 0.3) is 0 Å². The van der Waals surface area contributed by atoms with Crippen LogP contribution in [0.4, 0.5) is 0 Å². The van der Waals surface area contributed by atoms with Crippen molar-refractivity contribution in [2.45, 2.75) is 39.5 Å². The highest BCUT2D eigenvalue weighted by molar-refractivity contribution is 9.10. The number of hydrogen-bond acceptors (Lipinski definition) is 3.